The van der Waals surface area contributed by atoms with Crippen LogP contribution in [0.3, 0.4) is 0 Å². The minimum absolute atomic E-state index is 0.197. The third-order valence-corrected chi connectivity index (χ3v) is 7.72. The van der Waals surface area contributed by atoms with Crippen molar-refractivity contribution in [1.29, 1.82) is 0 Å². The van der Waals surface area contributed by atoms with E-state index < -0.39 is 23.9 Å². The van der Waals surface area contributed by atoms with Crippen LogP contribution in [0.2, 0.25) is 5.02 Å². The number of amides is 2. The molecule has 0 saturated carbocycles. The SMILES string of the molecule is O=C(c1ccc(Cl)cc1)[C@@H]1[C@@H]2C(=O)N(c3ccc(Br)cc3)C(=O)[C@@H]2[C@@H]2c3ccccc3C=CN12. The van der Waals surface area contributed by atoms with E-state index in [1.54, 1.807) is 48.5 Å². The highest BCUT2D eigenvalue weighted by atomic mass is 79.9. The molecule has 0 radical (unpaired) electrons. The maximum atomic E-state index is 13.8. The van der Waals surface area contributed by atoms with Gasteiger partial charge in [0, 0.05) is 21.3 Å². The molecule has 3 aromatic rings. The Labute approximate surface area is 209 Å². The molecular weight excluding hydrogens is 516 g/mol. The van der Waals surface area contributed by atoms with Gasteiger partial charge in [0.1, 0.15) is 6.04 Å². The van der Waals surface area contributed by atoms with E-state index in [1.807, 2.05) is 41.4 Å². The molecule has 3 aliphatic heterocycles. The quantitative estimate of drug-likeness (QED) is 0.330. The van der Waals surface area contributed by atoms with Crippen molar-refractivity contribution in [3.63, 3.8) is 0 Å². The van der Waals surface area contributed by atoms with E-state index in [1.165, 1.54) is 4.90 Å². The lowest BCUT2D eigenvalue weighted by Gasteiger charge is -2.35. The predicted molar refractivity (Wildman–Crippen MR) is 133 cm³/mol. The third kappa shape index (κ3) is 3.09. The van der Waals surface area contributed by atoms with Gasteiger partial charge in [0.25, 0.3) is 0 Å². The van der Waals surface area contributed by atoms with Crippen LogP contribution in [0.4, 0.5) is 5.69 Å². The molecule has 0 bridgehead atoms. The standard InChI is InChI=1S/C27H18BrClN2O3/c28-17-7-11-19(12-8-17)31-26(33)21-22(27(31)34)24(25(32)16-5-9-18(29)10-6-16)30-14-13-15-3-1-2-4-20(15)23(21)30/h1-14,21-24H/t21-,22+,23-,24-/m0/s1. The molecule has 168 valence electrons. The number of fused-ring (bicyclic) bond motifs is 5. The lowest BCUT2D eigenvalue weighted by Crippen LogP contribution is -2.44. The van der Waals surface area contributed by atoms with Crippen LogP contribution in [0.5, 0.6) is 0 Å². The van der Waals surface area contributed by atoms with Crippen molar-refractivity contribution < 1.29 is 14.4 Å². The smallest absolute Gasteiger partial charge is 0.240 e. The Hall–Kier alpha value is -3.22. The summed E-state index contributed by atoms with van der Waals surface area (Å²) in [5.41, 5.74) is 2.91. The number of hydrogen-bond acceptors (Lipinski definition) is 4. The summed E-state index contributed by atoms with van der Waals surface area (Å²) < 4.78 is 0.851. The normalized spacial score (nSPS) is 24.8. The molecule has 2 amide bonds. The molecule has 4 atom stereocenters. The van der Waals surface area contributed by atoms with Crippen molar-refractivity contribution in [3.05, 3.63) is 105 Å². The number of nitrogens with zero attached hydrogens (tertiary/aromatic N) is 2. The summed E-state index contributed by atoms with van der Waals surface area (Å²) in [5.74, 6) is -2.27. The molecule has 0 aromatic heterocycles. The topological polar surface area (TPSA) is 57.7 Å². The van der Waals surface area contributed by atoms with E-state index in [-0.39, 0.29) is 17.6 Å². The van der Waals surface area contributed by atoms with Crippen molar-refractivity contribution in [2.24, 2.45) is 11.8 Å². The van der Waals surface area contributed by atoms with Crippen molar-refractivity contribution in [1.82, 2.24) is 4.90 Å². The number of ketones is 1. The van der Waals surface area contributed by atoms with Crippen LogP contribution in [-0.4, -0.2) is 28.5 Å². The zero-order chi connectivity index (χ0) is 23.6. The summed E-state index contributed by atoms with van der Waals surface area (Å²) in [6.45, 7) is 0. The maximum Gasteiger partial charge on any atom is 0.240 e. The molecule has 3 heterocycles. The molecule has 3 aliphatic rings. The first-order valence-electron chi connectivity index (χ1n) is 10.9. The number of carbonyl (C=O) groups excluding carboxylic acids is 3. The number of benzene rings is 3. The summed E-state index contributed by atoms with van der Waals surface area (Å²) in [5, 5.41) is 0.527. The van der Waals surface area contributed by atoms with Gasteiger partial charge < -0.3 is 4.90 Å². The summed E-state index contributed by atoms with van der Waals surface area (Å²) in [6.07, 6.45) is 3.80. The Morgan fingerprint density at radius 3 is 2.26 bits per heavy atom. The van der Waals surface area contributed by atoms with Crippen LogP contribution in [0, 0.1) is 11.8 Å². The Bertz CT molecular complexity index is 1370. The van der Waals surface area contributed by atoms with E-state index in [0.29, 0.717) is 16.3 Å². The second kappa shape index (κ2) is 7.93. The number of anilines is 1. The van der Waals surface area contributed by atoms with Crippen LogP contribution < -0.4 is 4.90 Å². The second-order valence-electron chi connectivity index (χ2n) is 8.69. The van der Waals surface area contributed by atoms with Crippen LogP contribution >= 0.6 is 27.5 Å². The summed E-state index contributed by atoms with van der Waals surface area (Å²) in [4.78, 5) is 44.6. The molecular formula is C27H18BrClN2O3. The average molecular weight is 534 g/mol. The lowest BCUT2D eigenvalue weighted by atomic mass is 9.83. The zero-order valence-electron chi connectivity index (χ0n) is 17.8. The zero-order valence-corrected chi connectivity index (χ0v) is 20.1. The van der Waals surface area contributed by atoms with Crippen LogP contribution in [0.15, 0.2) is 83.5 Å². The number of carbonyl (C=O) groups is 3. The molecule has 2 saturated heterocycles. The Balaban J connectivity index is 1.49. The van der Waals surface area contributed by atoms with Crippen LogP contribution in [-0.2, 0) is 9.59 Å². The fourth-order valence-corrected chi connectivity index (χ4v) is 5.88. The Morgan fingerprint density at radius 1 is 0.853 bits per heavy atom. The number of imide groups is 1. The van der Waals surface area contributed by atoms with Gasteiger partial charge in [-0.05, 0) is 65.7 Å². The van der Waals surface area contributed by atoms with Gasteiger partial charge >= 0.3 is 0 Å². The Kier molecular flexibility index (Phi) is 4.97. The minimum atomic E-state index is -0.794. The van der Waals surface area contributed by atoms with Crippen molar-refractivity contribution in [2.75, 3.05) is 4.90 Å². The molecule has 2 fully saturated rings. The van der Waals surface area contributed by atoms with E-state index in [2.05, 4.69) is 15.9 Å². The predicted octanol–water partition coefficient (Wildman–Crippen LogP) is 5.50. The molecule has 0 N–H and O–H groups in total. The monoisotopic (exact) mass is 532 g/mol. The highest BCUT2D eigenvalue weighted by molar-refractivity contribution is 9.10. The molecule has 0 unspecified atom stereocenters. The van der Waals surface area contributed by atoms with Gasteiger partial charge in [-0.25, -0.2) is 4.90 Å². The van der Waals surface area contributed by atoms with Crippen molar-refractivity contribution in [2.45, 2.75) is 12.1 Å². The first kappa shape index (κ1) is 21.3. The van der Waals surface area contributed by atoms with E-state index in [4.69, 9.17) is 11.6 Å². The van der Waals surface area contributed by atoms with Gasteiger partial charge in [-0.1, -0.05) is 51.8 Å². The molecule has 3 aromatic carbocycles. The molecule has 6 rings (SSSR count). The van der Waals surface area contributed by atoms with Gasteiger partial charge in [0.15, 0.2) is 5.78 Å². The van der Waals surface area contributed by atoms with Gasteiger partial charge in [-0.2, -0.15) is 0 Å². The fourth-order valence-electron chi connectivity index (χ4n) is 5.49. The molecule has 0 spiro atoms. The highest BCUT2D eigenvalue weighted by Crippen LogP contribution is 2.53. The number of Topliss-reactive ketones (excluding diaryl/α,β-unsaturated/α-hetero) is 1. The molecule has 5 nitrogen and oxygen atoms in total. The largest absolute Gasteiger partial charge is 0.358 e. The van der Waals surface area contributed by atoms with Gasteiger partial charge in [0.2, 0.25) is 11.8 Å². The molecule has 34 heavy (non-hydrogen) atoms. The minimum Gasteiger partial charge on any atom is -0.358 e. The maximum absolute atomic E-state index is 13.8. The van der Waals surface area contributed by atoms with Gasteiger partial charge in [-0.15, -0.1) is 0 Å². The van der Waals surface area contributed by atoms with E-state index in [9.17, 15) is 14.4 Å². The first-order chi connectivity index (χ1) is 16.5. The molecule has 7 heteroatoms. The van der Waals surface area contributed by atoms with Crippen LogP contribution in [0.1, 0.15) is 27.5 Å². The Morgan fingerprint density at radius 2 is 1.53 bits per heavy atom. The number of hydrogen-bond donors (Lipinski definition) is 0. The summed E-state index contributed by atoms with van der Waals surface area (Å²) >= 11 is 9.43. The second-order valence-corrected chi connectivity index (χ2v) is 10.0. The van der Waals surface area contributed by atoms with Gasteiger partial charge in [-0.3, -0.25) is 14.4 Å². The summed E-state index contributed by atoms with van der Waals surface area (Å²) in [7, 11) is 0. The first-order valence-corrected chi connectivity index (χ1v) is 12.1. The van der Waals surface area contributed by atoms with E-state index >= 15 is 0 Å². The summed E-state index contributed by atoms with van der Waals surface area (Å²) in [6, 6.07) is 20.4. The van der Waals surface area contributed by atoms with Crippen LogP contribution in [0.25, 0.3) is 6.08 Å². The molecule has 0 aliphatic carbocycles. The van der Waals surface area contributed by atoms with Crippen molar-refractivity contribution >= 4 is 56.9 Å². The highest BCUT2D eigenvalue weighted by Gasteiger charge is 2.64. The fraction of sp³-hybridized carbons (Fsp3) is 0.148. The number of rotatable bonds is 3. The lowest BCUT2D eigenvalue weighted by molar-refractivity contribution is -0.123. The number of halogens is 2. The van der Waals surface area contributed by atoms with Crippen molar-refractivity contribution in [3.8, 4) is 0 Å². The van der Waals surface area contributed by atoms with Gasteiger partial charge in [0.05, 0.1) is 23.6 Å². The van der Waals surface area contributed by atoms with E-state index in [0.717, 1.165) is 15.6 Å². The average Bonchev–Trinajstić information content (AvgIpc) is 3.32. The third-order valence-electron chi connectivity index (χ3n) is 6.94.